The number of amides is 1. The Labute approximate surface area is 146 Å². The van der Waals surface area contributed by atoms with Crippen LogP contribution < -0.4 is 0 Å². The molecule has 0 fully saturated rings. The number of esters is 1. The van der Waals surface area contributed by atoms with Crippen LogP contribution in [0, 0.1) is 13.8 Å². The molecule has 0 aliphatic rings. The van der Waals surface area contributed by atoms with Gasteiger partial charge in [-0.2, -0.15) is 0 Å². The third-order valence-electron chi connectivity index (χ3n) is 3.97. The van der Waals surface area contributed by atoms with Crippen molar-refractivity contribution in [3.05, 3.63) is 58.4 Å². The van der Waals surface area contributed by atoms with Crippen LogP contribution in [0.3, 0.4) is 0 Å². The molecule has 0 saturated carbocycles. The van der Waals surface area contributed by atoms with Crippen molar-refractivity contribution in [3.63, 3.8) is 0 Å². The van der Waals surface area contributed by atoms with Crippen LogP contribution in [-0.2, 0) is 16.1 Å². The lowest BCUT2D eigenvalue weighted by Crippen LogP contribution is -2.31. The molecule has 0 bridgehead atoms. The fourth-order valence-corrected chi connectivity index (χ4v) is 2.40. The maximum absolute atomic E-state index is 12.2. The van der Waals surface area contributed by atoms with Gasteiger partial charge in [-0.1, -0.05) is 23.8 Å². The summed E-state index contributed by atoms with van der Waals surface area (Å²) in [6.45, 7) is 5.51. The smallest absolute Gasteiger partial charge is 0.355 e. The van der Waals surface area contributed by atoms with Gasteiger partial charge in [-0.05, 0) is 38.0 Å². The Bertz CT molecular complexity index is 808. The van der Waals surface area contributed by atoms with E-state index >= 15 is 0 Å². The molecule has 1 amide bonds. The number of ketones is 1. The topological polar surface area (TPSA) is 79.5 Å². The number of nitrogens with zero attached hydrogens (tertiary/aromatic N) is 1. The van der Waals surface area contributed by atoms with Crippen molar-refractivity contribution in [2.24, 2.45) is 0 Å². The van der Waals surface area contributed by atoms with Gasteiger partial charge in [-0.3, -0.25) is 9.59 Å². The van der Waals surface area contributed by atoms with Crippen molar-refractivity contribution in [1.29, 1.82) is 0 Å². The molecule has 1 aromatic heterocycles. The highest BCUT2D eigenvalue weighted by molar-refractivity contribution is 5.97. The number of ether oxygens (including phenoxy) is 1. The van der Waals surface area contributed by atoms with Gasteiger partial charge in [0.15, 0.2) is 12.4 Å². The number of H-pyrrole nitrogens is 1. The van der Waals surface area contributed by atoms with Crippen molar-refractivity contribution in [2.75, 3.05) is 13.7 Å². The Morgan fingerprint density at radius 2 is 1.88 bits per heavy atom. The van der Waals surface area contributed by atoms with Crippen molar-refractivity contribution < 1.29 is 19.1 Å². The maximum atomic E-state index is 12.2. The Kier molecular flexibility index (Phi) is 5.75. The largest absolute Gasteiger partial charge is 0.451 e. The number of hydrogen-bond acceptors (Lipinski definition) is 4. The summed E-state index contributed by atoms with van der Waals surface area (Å²) in [6, 6.07) is 7.46. The molecule has 1 N–H and O–H groups in total. The molecule has 0 spiro atoms. The van der Waals surface area contributed by atoms with Gasteiger partial charge in [0.05, 0.1) is 0 Å². The molecule has 1 heterocycles. The number of aryl methyl sites for hydroxylation is 2. The second-order valence-electron chi connectivity index (χ2n) is 6.11. The summed E-state index contributed by atoms with van der Waals surface area (Å²) in [7, 11) is 1.66. The van der Waals surface area contributed by atoms with Crippen LogP contribution in [0.15, 0.2) is 30.5 Å². The monoisotopic (exact) mass is 342 g/mol. The van der Waals surface area contributed by atoms with E-state index in [-0.39, 0.29) is 24.0 Å². The highest BCUT2D eigenvalue weighted by Crippen LogP contribution is 2.13. The fourth-order valence-electron chi connectivity index (χ4n) is 2.40. The van der Waals surface area contributed by atoms with E-state index in [0.29, 0.717) is 12.1 Å². The minimum atomic E-state index is -0.666. The van der Waals surface area contributed by atoms with Gasteiger partial charge >= 0.3 is 5.97 Å². The SMILES string of the molecule is CC(=O)c1c[nH]c(C(=O)OCC(=O)N(C)Cc2ccc(C)cc2C)c1. The number of rotatable bonds is 6. The third kappa shape index (κ3) is 4.79. The summed E-state index contributed by atoms with van der Waals surface area (Å²) in [5, 5.41) is 0. The number of hydrogen-bond donors (Lipinski definition) is 1. The molecule has 0 saturated heterocycles. The van der Waals surface area contributed by atoms with Gasteiger partial charge in [0.25, 0.3) is 5.91 Å². The summed E-state index contributed by atoms with van der Waals surface area (Å²) in [5.74, 6) is -1.12. The summed E-state index contributed by atoms with van der Waals surface area (Å²) in [5.41, 5.74) is 3.86. The zero-order valence-electron chi connectivity index (χ0n) is 14.9. The second-order valence-corrected chi connectivity index (χ2v) is 6.11. The molecule has 1 aromatic carbocycles. The van der Waals surface area contributed by atoms with Crippen LogP contribution in [0.1, 0.15) is 44.5 Å². The van der Waals surface area contributed by atoms with Crippen LogP contribution in [0.2, 0.25) is 0 Å². The van der Waals surface area contributed by atoms with E-state index in [4.69, 9.17) is 4.74 Å². The lowest BCUT2D eigenvalue weighted by molar-refractivity contribution is -0.133. The third-order valence-corrected chi connectivity index (χ3v) is 3.97. The van der Waals surface area contributed by atoms with Crippen molar-refractivity contribution in [1.82, 2.24) is 9.88 Å². The van der Waals surface area contributed by atoms with Crippen LogP contribution in [0.25, 0.3) is 0 Å². The lowest BCUT2D eigenvalue weighted by atomic mass is 10.1. The molecule has 6 nitrogen and oxygen atoms in total. The molecule has 6 heteroatoms. The van der Waals surface area contributed by atoms with E-state index in [9.17, 15) is 14.4 Å². The van der Waals surface area contributed by atoms with E-state index < -0.39 is 5.97 Å². The molecule has 25 heavy (non-hydrogen) atoms. The van der Waals surface area contributed by atoms with Crippen LogP contribution in [0.5, 0.6) is 0 Å². The van der Waals surface area contributed by atoms with Gasteiger partial charge in [0.1, 0.15) is 5.69 Å². The zero-order valence-corrected chi connectivity index (χ0v) is 14.9. The average molecular weight is 342 g/mol. The molecule has 132 valence electrons. The molecule has 0 atom stereocenters. The first kappa shape index (κ1) is 18.4. The molecule has 0 aliphatic carbocycles. The Balaban J connectivity index is 1.90. The quantitative estimate of drug-likeness (QED) is 0.646. The van der Waals surface area contributed by atoms with Crippen LogP contribution >= 0.6 is 0 Å². The molecule has 2 rings (SSSR count). The van der Waals surface area contributed by atoms with Crippen LogP contribution in [0.4, 0.5) is 0 Å². The first-order valence-corrected chi connectivity index (χ1v) is 7.94. The van der Waals surface area contributed by atoms with Gasteiger partial charge in [0, 0.05) is 25.4 Å². The summed E-state index contributed by atoms with van der Waals surface area (Å²) in [4.78, 5) is 39.5. The first-order valence-electron chi connectivity index (χ1n) is 7.94. The molecular weight excluding hydrogens is 320 g/mol. The second kappa shape index (κ2) is 7.79. The maximum Gasteiger partial charge on any atom is 0.355 e. The molecule has 2 aromatic rings. The molecule has 0 aliphatic heterocycles. The van der Waals surface area contributed by atoms with E-state index in [1.165, 1.54) is 29.7 Å². The van der Waals surface area contributed by atoms with Crippen LogP contribution in [-0.4, -0.2) is 41.2 Å². The number of aromatic nitrogens is 1. The average Bonchev–Trinajstić information content (AvgIpc) is 3.05. The molecule has 0 unspecified atom stereocenters. The fraction of sp³-hybridized carbons (Fsp3) is 0.316. The number of benzene rings is 1. The van der Waals surface area contributed by atoms with Crippen molar-refractivity contribution >= 4 is 17.7 Å². The number of Topliss-reactive ketones (excluding diaryl/α,β-unsaturated/α-hetero) is 1. The van der Waals surface area contributed by atoms with Gasteiger partial charge in [-0.25, -0.2) is 4.79 Å². The predicted octanol–water partition coefficient (Wildman–Crippen LogP) is 2.65. The van der Waals surface area contributed by atoms with E-state index in [0.717, 1.165) is 11.1 Å². The highest BCUT2D eigenvalue weighted by atomic mass is 16.5. The predicted molar refractivity (Wildman–Crippen MR) is 93.5 cm³/mol. The minimum absolute atomic E-state index is 0.148. The summed E-state index contributed by atoms with van der Waals surface area (Å²) >= 11 is 0. The zero-order chi connectivity index (χ0) is 18.6. The molecule has 0 radical (unpaired) electrons. The highest BCUT2D eigenvalue weighted by Gasteiger charge is 2.16. The van der Waals surface area contributed by atoms with Gasteiger partial charge in [-0.15, -0.1) is 0 Å². The Hall–Kier alpha value is -2.89. The van der Waals surface area contributed by atoms with Gasteiger partial charge in [0.2, 0.25) is 0 Å². The Morgan fingerprint density at radius 3 is 2.48 bits per heavy atom. The molecular formula is C19H22N2O4. The standard InChI is InChI=1S/C19H22N2O4/c1-12-5-6-15(13(2)7-12)10-21(4)18(23)11-25-19(24)17-8-16(9-20-17)14(3)22/h5-9,20H,10-11H2,1-4H3. The van der Waals surface area contributed by atoms with E-state index in [1.54, 1.807) is 7.05 Å². The number of carbonyl (C=O) groups is 3. The van der Waals surface area contributed by atoms with E-state index in [2.05, 4.69) is 11.1 Å². The number of aromatic amines is 1. The summed E-state index contributed by atoms with van der Waals surface area (Å²) in [6.07, 6.45) is 1.44. The minimum Gasteiger partial charge on any atom is -0.451 e. The Morgan fingerprint density at radius 1 is 1.16 bits per heavy atom. The van der Waals surface area contributed by atoms with Crippen molar-refractivity contribution in [2.45, 2.75) is 27.3 Å². The van der Waals surface area contributed by atoms with E-state index in [1.807, 2.05) is 26.0 Å². The number of nitrogens with one attached hydrogen (secondary N) is 1. The normalized spacial score (nSPS) is 10.4. The van der Waals surface area contributed by atoms with Gasteiger partial charge < -0.3 is 14.6 Å². The number of carbonyl (C=O) groups excluding carboxylic acids is 3. The first-order chi connectivity index (χ1) is 11.8. The van der Waals surface area contributed by atoms with Crippen molar-refractivity contribution in [3.8, 4) is 0 Å². The lowest BCUT2D eigenvalue weighted by Gasteiger charge is -2.18. The summed E-state index contributed by atoms with van der Waals surface area (Å²) < 4.78 is 5.02. The number of likely N-dealkylation sites (N-methyl/N-ethyl adjacent to an activating group) is 1.